The Kier molecular flexibility index (Phi) is 6.73. The Morgan fingerprint density at radius 3 is 2.42 bits per heavy atom. The third-order valence-electron chi connectivity index (χ3n) is 3.44. The Hall–Kier alpha value is -0.670. The average Bonchev–Trinajstić information content (AvgIpc) is 2.38. The van der Waals surface area contributed by atoms with Gasteiger partial charge in [-0.2, -0.15) is 0 Å². The molecule has 1 N–H and O–H groups in total. The molecule has 1 aromatic rings. The molecule has 0 radical (unpaired) electrons. The van der Waals surface area contributed by atoms with E-state index in [-0.39, 0.29) is 0 Å². The molecule has 1 aromatic carbocycles. The maximum Gasteiger partial charge on any atom is 0.124 e. The van der Waals surface area contributed by atoms with Crippen molar-refractivity contribution >= 4 is 11.8 Å². The highest BCUT2D eigenvalue weighted by Gasteiger charge is 2.18. The Morgan fingerprint density at radius 1 is 1.21 bits per heavy atom. The molecule has 2 atom stereocenters. The van der Waals surface area contributed by atoms with E-state index in [1.54, 1.807) is 7.11 Å². The summed E-state index contributed by atoms with van der Waals surface area (Å²) >= 11 is 1.94. The Morgan fingerprint density at radius 2 is 1.89 bits per heavy atom. The SMILES string of the molecule is CCNC(C)c1c(OC)cccc1SC(C)C(C)C. The summed E-state index contributed by atoms with van der Waals surface area (Å²) < 4.78 is 5.54. The molecule has 0 aliphatic carbocycles. The highest BCUT2D eigenvalue weighted by atomic mass is 32.2. The van der Waals surface area contributed by atoms with Gasteiger partial charge in [-0.3, -0.25) is 0 Å². The molecule has 0 fully saturated rings. The van der Waals surface area contributed by atoms with Crippen LogP contribution in [0.4, 0.5) is 0 Å². The van der Waals surface area contributed by atoms with Gasteiger partial charge in [-0.15, -0.1) is 11.8 Å². The van der Waals surface area contributed by atoms with Gasteiger partial charge in [0.05, 0.1) is 7.11 Å². The van der Waals surface area contributed by atoms with Crippen LogP contribution in [0, 0.1) is 5.92 Å². The molecule has 0 amide bonds. The minimum atomic E-state index is 0.308. The molecule has 1 rings (SSSR count). The predicted molar refractivity (Wildman–Crippen MR) is 85.2 cm³/mol. The third-order valence-corrected chi connectivity index (χ3v) is 4.97. The van der Waals surface area contributed by atoms with Crippen molar-refractivity contribution in [3.8, 4) is 5.75 Å². The zero-order chi connectivity index (χ0) is 14.4. The first kappa shape index (κ1) is 16.4. The highest BCUT2D eigenvalue weighted by molar-refractivity contribution is 8.00. The van der Waals surface area contributed by atoms with Crippen LogP contribution in [0.15, 0.2) is 23.1 Å². The molecule has 0 heterocycles. The van der Waals surface area contributed by atoms with Crippen molar-refractivity contribution in [1.82, 2.24) is 5.32 Å². The fourth-order valence-corrected chi connectivity index (χ4v) is 3.21. The number of rotatable bonds is 7. The van der Waals surface area contributed by atoms with Crippen molar-refractivity contribution in [2.24, 2.45) is 5.92 Å². The van der Waals surface area contributed by atoms with Gasteiger partial charge in [0.2, 0.25) is 0 Å². The molecule has 108 valence electrons. The van der Waals surface area contributed by atoms with E-state index in [4.69, 9.17) is 4.74 Å². The van der Waals surface area contributed by atoms with Crippen LogP contribution in [-0.2, 0) is 0 Å². The van der Waals surface area contributed by atoms with Gasteiger partial charge in [-0.1, -0.05) is 33.8 Å². The standard InChI is InChI=1S/C16H27NOS/c1-7-17-12(4)16-14(18-6)9-8-10-15(16)19-13(5)11(2)3/h8-13,17H,7H2,1-6H3. The van der Waals surface area contributed by atoms with Gasteiger partial charge in [0.15, 0.2) is 0 Å². The lowest BCUT2D eigenvalue weighted by Gasteiger charge is -2.23. The molecule has 0 aliphatic heterocycles. The summed E-state index contributed by atoms with van der Waals surface area (Å²) in [7, 11) is 1.75. The first-order chi connectivity index (χ1) is 9.01. The Balaban J connectivity index is 3.08. The quantitative estimate of drug-likeness (QED) is 0.743. The predicted octanol–water partition coefficient (Wildman–Crippen LogP) is 4.50. The van der Waals surface area contributed by atoms with Crippen molar-refractivity contribution in [2.75, 3.05) is 13.7 Å². The van der Waals surface area contributed by atoms with Crippen LogP contribution in [0.3, 0.4) is 0 Å². The van der Waals surface area contributed by atoms with Gasteiger partial charge in [0.1, 0.15) is 5.75 Å². The molecule has 3 heteroatoms. The number of benzene rings is 1. The minimum Gasteiger partial charge on any atom is -0.496 e. The molecule has 0 aliphatic rings. The zero-order valence-corrected chi connectivity index (χ0v) is 13.8. The van der Waals surface area contributed by atoms with Crippen molar-refractivity contribution in [1.29, 1.82) is 0 Å². The smallest absolute Gasteiger partial charge is 0.124 e. The molecule has 2 nitrogen and oxygen atoms in total. The van der Waals surface area contributed by atoms with E-state index >= 15 is 0 Å². The third kappa shape index (κ3) is 4.43. The van der Waals surface area contributed by atoms with Crippen LogP contribution >= 0.6 is 11.8 Å². The first-order valence-electron chi connectivity index (χ1n) is 7.08. The lowest BCUT2D eigenvalue weighted by molar-refractivity contribution is 0.400. The van der Waals surface area contributed by atoms with Crippen LogP contribution in [0.5, 0.6) is 5.75 Å². The second kappa shape index (κ2) is 7.81. The largest absolute Gasteiger partial charge is 0.496 e. The van der Waals surface area contributed by atoms with E-state index in [1.807, 2.05) is 17.8 Å². The second-order valence-corrected chi connectivity index (χ2v) is 6.64. The number of hydrogen-bond acceptors (Lipinski definition) is 3. The van der Waals surface area contributed by atoms with Crippen molar-refractivity contribution < 1.29 is 4.74 Å². The van der Waals surface area contributed by atoms with Crippen molar-refractivity contribution in [3.05, 3.63) is 23.8 Å². The second-order valence-electron chi connectivity index (χ2n) is 5.22. The minimum absolute atomic E-state index is 0.308. The van der Waals surface area contributed by atoms with Crippen LogP contribution in [0.2, 0.25) is 0 Å². The van der Waals surface area contributed by atoms with E-state index in [0.29, 0.717) is 17.2 Å². The maximum absolute atomic E-state index is 5.54. The number of ether oxygens (including phenoxy) is 1. The summed E-state index contributed by atoms with van der Waals surface area (Å²) in [6.45, 7) is 12.1. The summed E-state index contributed by atoms with van der Waals surface area (Å²) in [5.74, 6) is 1.65. The van der Waals surface area contributed by atoms with Gasteiger partial charge in [0, 0.05) is 21.8 Å². The number of hydrogen-bond donors (Lipinski definition) is 1. The fourth-order valence-electron chi connectivity index (χ4n) is 1.98. The molecule has 0 aromatic heterocycles. The monoisotopic (exact) mass is 281 g/mol. The zero-order valence-electron chi connectivity index (χ0n) is 13.0. The van der Waals surface area contributed by atoms with E-state index < -0.39 is 0 Å². The molecule has 19 heavy (non-hydrogen) atoms. The van der Waals surface area contributed by atoms with E-state index in [0.717, 1.165) is 12.3 Å². The van der Waals surface area contributed by atoms with Crippen LogP contribution in [0.1, 0.15) is 46.2 Å². The normalized spacial score (nSPS) is 14.5. The van der Waals surface area contributed by atoms with Gasteiger partial charge in [-0.25, -0.2) is 0 Å². The van der Waals surface area contributed by atoms with Crippen LogP contribution in [-0.4, -0.2) is 18.9 Å². The van der Waals surface area contributed by atoms with E-state index in [2.05, 4.69) is 52.1 Å². The number of methoxy groups -OCH3 is 1. The Bertz CT molecular complexity index is 392. The molecular weight excluding hydrogens is 254 g/mol. The summed E-state index contributed by atoms with van der Waals surface area (Å²) in [5, 5.41) is 4.08. The van der Waals surface area contributed by atoms with Crippen LogP contribution in [0.25, 0.3) is 0 Å². The van der Waals surface area contributed by atoms with E-state index in [9.17, 15) is 0 Å². The molecule has 0 bridgehead atoms. The molecule has 0 saturated heterocycles. The van der Waals surface area contributed by atoms with Crippen LogP contribution < -0.4 is 10.1 Å². The molecule has 0 saturated carbocycles. The number of nitrogens with one attached hydrogen (secondary N) is 1. The van der Waals surface area contributed by atoms with Crippen molar-refractivity contribution in [3.63, 3.8) is 0 Å². The molecule has 2 unspecified atom stereocenters. The van der Waals surface area contributed by atoms with Gasteiger partial charge in [0.25, 0.3) is 0 Å². The van der Waals surface area contributed by atoms with Gasteiger partial charge >= 0.3 is 0 Å². The van der Waals surface area contributed by atoms with Gasteiger partial charge < -0.3 is 10.1 Å². The Labute approximate surface area is 122 Å². The fraction of sp³-hybridized carbons (Fsp3) is 0.625. The van der Waals surface area contributed by atoms with Crippen molar-refractivity contribution in [2.45, 2.75) is 50.8 Å². The van der Waals surface area contributed by atoms with E-state index in [1.165, 1.54) is 10.5 Å². The lowest BCUT2D eigenvalue weighted by atomic mass is 10.1. The molecular formula is C16H27NOS. The summed E-state index contributed by atoms with van der Waals surface area (Å²) in [4.78, 5) is 1.33. The summed E-state index contributed by atoms with van der Waals surface area (Å²) in [5.41, 5.74) is 1.28. The molecule has 0 spiro atoms. The maximum atomic E-state index is 5.54. The average molecular weight is 281 g/mol. The lowest BCUT2D eigenvalue weighted by Crippen LogP contribution is -2.19. The summed E-state index contributed by atoms with van der Waals surface area (Å²) in [6, 6.07) is 6.64. The first-order valence-corrected chi connectivity index (χ1v) is 7.96. The topological polar surface area (TPSA) is 21.3 Å². The number of thioether (sulfide) groups is 1. The highest BCUT2D eigenvalue weighted by Crippen LogP contribution is 2.38. The summed E-state index contributed by atoms with van der Waals surface area (Å²) in [6.07, 6.45) is 0. The van der Waals surface area contributed by atoms with Gasteiger partial charge in [-0.05, 0) is 31.5 Å².